The van der Waals surface area contributed by atoms with Crippen LogP contribution in [0.4, 0.5) is 5.69 Å². The van der Waals surface area contributed by atoms with E-state index in [1.165, 1.54) is 11.5 Å². The van der Waals surface area contributed by atoms with Gasteiger partial charge in [-0.3, -0.25) is 0 Å². The van der Waals surface area contributed by atoms with E-state index in [4.69, 9.17) is 10.5 Å². The fourth-order valence-electron chi connectivity index (χ4n) is 1.30. The van der Waals surface area contributed by atoms with E-state index in [-0.39, 0.29) is 0 Å². The van der Waals surface area contributed by atoms with E-state index in [0.29, 0.717) is 22.5 Å². The van der Waals surface area contributed by atoms with Crippen LogP contribution in [0.25, 0.3) is 0 Å². The van der Waals surface area contributed by atoms with Crippen LogP contribution in [0.15, 0.2) is 16.6 Å². The van der Waals surface area contributed by atoms with Gasteiger partial charge in [-0.1, -0.05) is 15.9 Å². The van der Waals surface area contributed by atoms with Crippen LogP contribution in [0.5, 0.6) is 10.9 Å². The van der Waals surface area contributed by atoms with Gasteiger partial charge in [0.1, 0.15) is 5.82 Å². The molecule has 0 atom stereocenters. The number of hydrogen-bond donors (Lipinski definition) is 1. The zero-order valence-corrected chi connectivity index (χ0v) is 11.2. The Hall–Kier alpha value is -1.14. The summed E-state index contributed by atoms with van der Waals surface area (Å²) in [6.45, 7) is 3.76. The Kier molecular flexibility index (Phi) is 3.11. The highest BCUT2D eigenvalue weighted by molar-refractivity contribution is 9.10. The third-order valence-electron chi connectivity index (χ3n) is 1.97. The van der Waals surface area contributed by atoms with Gasteiger partial charge in [-0.2, -0.15) is 9.36 Å². The van der Waals surface area contributed by atoms with Crippen molar-refractivity contribution in [2.24, 2.45) is 0 Å². The van der Waals surface area contributed by atoms with Gasteiger partial charge in [0.15, 0.2) is 5.75 Å². The van der Waals surface area contributed by atoms with Crippen molar-refractivity contribution in [2.75, 3.05) is 5.73 Å². The van der Waals surface area contributed by atoms with Gasteiger partial charge in [0, 0.05) is 16.0 Å². The average molecular weight is 300 g/mol. The third kappa shape index (κ3) is 2.33. The van der Waals surface area contributed by atoms with Crippen molar-refractivity contribution < 1.29 is 4.74 Å². The number of halogens is 1. The molecule has 1 aromatic heterocycles. The number of ether oxygens (including phenoxy) is 1. The summed E-state index contributed by atoms with van der Waals surface area (Å²) in [6, 6.07) is 3.75. The van der Waals surface area contributed by atoms with E-state index in [0.717, 1.165) is 10.0 Å². The van der Waals surface area contributed by atoms with Crippen LogP contribution in [-0.4, -0.2) is 9.36 Å². The van der Waals surface area contributed by atoms with Gasteiger partial charge in [-0.15, -0.1) is 0 Å². The van der Waals surface area contributed by atoms with Gasteiger partial charge in [0.25, 0.3) is 5.19 Å². The smallest absolute Gasteiger partial charge is 0.298 e. The minimum absolute atomic E-state index is 0.509. The SMILES string of the molecule is Cc1nsc(Oc2c(C)cc(Br)cc2N)n1. The van der Waals surface area contributed by atoms with E-state index >= 15 is 0 Å². The van der Waals surface area contributed by atoms with Crippen LogP contribution in [0.1, 0.15) is 11.4 Å². The number of benzene rings is 1. The first-order valence-corrected chi connectivity index (χ1v) is 6.16. The molecule has 4 nitrogen and oxygen atoms in total. The van der Waals surface area contributed by atoms with Crippen LogP contribution < -0.4 is 10.5 Å². The van der Waals surface area contributed by atoms with Crippen molar-refractivity contribution in [2.45, 2.75) is 13.8 Å². The minimum atomic E-state index is 0.509. The number of nitrogens with zero attached hydrogens (tertiary/aromatic N) is 2. The summed E-state index contributed by atoms with van der Waals surface area (Å²) in [4.78, 5) is 4.13. The highest BCUT2D eigenvalue weighted by Gasteiger charge is 2.10. The topological polar surface area (TPSA) is 61.0 Å². The molecule has 0 unspecified atom stereocenters. The standard InChI is InChI=1S/C10H10BrN3OS/c1-5-3-7(11)4-8(12)9(5)15-10-13-6(2)14-16-10/h3-4H,12H2,1-2H3. The van der Waals surface area contributed by atoms with Gasteiger partial charge < -0.3 is 10.5 Å². The molecule has 0 aliphatic carbocycles. The lowest BCUT2D eigenvalue weighted by molar-refractivity contribution is 0.476. The highest BCUT2D eigenvalue weighted by atomic mass is 79.9. The van der Waals surface area contributed by atoms with Crippen LogP contribution in [-0.2, 0) is 0 Å². The van der Waals surface area contributed by atoms with Crippen LogP contribution >= 0.6 is 27.5 Å². The lowest BCUT2D eigenvalue weighted by Crippen LogP contribution is -1.94. The Morgan fingerprint density at radius 1 is 1.38 bits per heavy atom. The molecule has 0 saturated carbocycles. The maximum Gasteiger partial charge on any atom is 0.298 e. The van der Waals surface area contributed by atoms with Gasteiger partial charge >= 0.3 is 0 Å². The first-order valence-electron chi connectivity index (χ1n) is 4.60. The van der Waals surface area contributed by atoms with E-state index in [2.05, 4.69) is 25.3 Å². The lowest BCUT2D eigenvalue weighted by Gasteiger charge is -2.09. The average Bonchev–Trinajstić information content (AvgIpc) is 2.58. The molecule has 0 aliphatic rings. The zero-order chi connectivity index (χ0) is 11.7. The second kappa shape index (κ2) is 4.39. The van der Waals surface area contributed by atoms with Gasteiger partial charge in [0.05, 0.1) is 5.69 Å². The molecule has 6 heteroatoms. The molecule has 16 heavy (non-hydrogen) atoms. The Morgan fingerprint density at radius 2 is 2.12 bits per heavy atom. The van der Waals surface area contributed by atoms with Crippen LogP contribution in [0, 0.1) is 13.8 Å². The second-order valence-corrected chi connectivity index (χ2v) is 4.98. The summed E-state index contributed by atoms with van der Waals surface area (Å²) in [5, 5.41) is 0.509. The first kappa shape index (κ1) is 11.3. The predicted octanol–water partition coefficient (Wildman–Crippen LogP) is 3.29. The lowest BCUT2D eigenvalue weighted by atomic mass is 10.2. The molecule has 0 fully saturated rings. The molecular weight excluding hydrogens is 290 g/mol. The fraction of sp³-hybridized carbons (Fsp3) is 0.200. The van der Waals surface area contributed by atoms with Crippen molar-refractivity contribution in [3.63, 3.8) is 0 Å². The molecule has 2 aromatic rings. The van der Waals surface area contributed by atoms with E-state index in [1.807, 2.05) is 19.9 Å². The van der Waals surface area contributed by atoms with Crippen molar-refractivity contribution >= 4 is 33.1 Å². The molecular formula is C10H10BrN3OS. The molecule has 0 aliphatic heterocycles. The summed E-state index contributed by atoms with van der Waals surface area (Å²) >= 11 is 4.59. The molecule has 2 N–H and O–H groups in total. The molecule has 0 radical (unpaired) electrons. The van der Waals surface area contributed by atoms with Crippen LogP contribution in [0.3, 0.4) is 0 Å². The summed E-state index contributed by atoms with van der Waals surface area (Å²) in [5.74, 6) is 1.34. The van der Waals surface area contributed by atoms with Crippen molar-refractivity contribution in [1.82, 2.24) is 9.36 Å². The molecule has 84 valence electrons. The summed E-state index contributed by atoms with van der Waals surface area (Å²) in [5.41, 5.74) is 7.42. The molecule has 2 rings (SSSR count). The maximum atomic E-state index is 5.88. The third-order valence-corrected chi connectivity index (χ3v) is 3.11. The summed E-state index contributed by atoms with van der Waals surface area (Å²) < 4.78 is 10.6. The summed E-state index contributed by atoms with van der Waals surface area (Å²) in [6.07, 6.45) is 0. The van der Waals surface area contributed by atoms with E-state index < -0.39 is 0 Å². The summed E-state index contributed by atoms with van der Waals surface area (Å²) in [7, 11) is 0. The van der Waals surface area contributed by atoms with Crippen molar-refractivity contribution in [1.29, 1.82) is 0 Å². The second-order valence-electron chi connectivity index (χ2n) is 3.35. The monoisotopic (exact) mass is 299 g/mol. The number of nitrogens with two attached hydrogens (primary N) is 1. The van der Waals surface area contributed by atoms with Gasteiger partial charge in [-0.25, -0.2) is 0 Å². The normalized spacial score (nSPS) is 10.4. The number of rotatable bonds is 2. The number of anilines is 1. The van der Waals surface area contributed by atoms with E-state index in [9.17, 15) is 0 Å². The Morgan fingerprint density at radius 3 is 2.69 bits per heavy atom. The van der Waals surface area contributed by atoms with Crippen molar-refractivity contribution in [3.05, 3.63) is 28.0 Å². The molecule has 0 spiro atoms. The Balaban J connectivity index is 2.34. The molecule has 1 heterocycles. The molecule has 1 aromatic carbocycles. The van der Waals surface area contributed by atoms with E-state index in [1.54, 1.807) is 6.07 Å². The zero-order valence-electron chi connectivity index (χ0n) is 8.82. The number of nitrogen functional groups attached to an aromatic ring is 1. The minimum Gasteiger partial charge on any atom is -0.427 e. The number of hydrogen-bond acceptors (Lipinski definition) is 5. The van der Waals surface area contributed by atoms with Gasteiger partial charge in [0.2, 0.25) is 0 Å². The van der Waals surface area contributed by atoms with Gasteiger partial charge in [-0.05, 0) is 31.5 Å². The predicted molar refractivity (Wildman–Crippen MR) is 68.0 cm³/mol. The highest BCUT2D eigenvalue weighted by Crippen LogP contribution is 2.34. The fourth-order valence-corrected chi connectivity index (χ4v) is 2.44. The Bertz CT molecular complexity index is 504. The maximum absolute atomic E-state index is 5.88. The number of aromatic nitrogens is 2. The first-order chi connectivity index (χ1) is 7.56. The number of aryl methyl sites for hydroxylation is 2. The molecule has 0 amide bonds. The van der Waals surface area contributed by atoms with Crippen LogP contribution in [0.2, 0.25) is 0 Å². The molecule has 0 saturated heterocycles. The molecule has 0 bridgehead atoms. The Labute approximate surface area is 106 Å². The van der Waals surface area contributed by atoms with Crippen molar-refractivity contribution in [3.8, 4) is 10.9 Å². The largest absolute Gasteiger partial charge is 0.427 e. The quantitative estimate of drug-likeness (QED) is 0.865.